The van der Waals surface area contributed by atoms with E-state index in [9.17, 15) is 38.4 Å². The molecule has 0 aliphatic carbocycles. The number of unbranched alkanes of at least 4 members (excludes halogenated alkanes) is 52. The lowest BCUT2D eigenvalue weighted by Crippen LogP contribution is -2.61. The molecule has 1 saturated heterocycles. The summed E-state index contributed by atoms with van der Waals surface area (Å²) in [5, 5.41) is 5.30. The van der Waals surface area contributed by atoms with E-state index in [1.165, 1.54) is 283 Å². The zero-order valence-corrected chi connectivity index (χ0v) is 72.1. The summed E-state index contributed by atoms with van der Waals surface area (Å²) in [6, 6.07) is -1.78. The zero-order valence-electron chi connectivity index (χ0n) is 70.5. The molecule has 108 heavy (non-hydrogen) atoms. The van der Waals surface area contributed by atoms with Crippen molar-refractivity contribution in [2.75, 3.05) is 77.2 Å². The molecule has 0 aromatic rings. The molecule has 1 aliphatic rings. The van der Waals surface area contributed by atoms with E-state index in [0.29, 0.717) is 77.2 Å². The topological polar surface area (TPSA) is 204 Å². The lowest BCUT2D eigenvalue weighted by atomic mass is 10.0. The van der Waals surface area contributed by atoms with Crippen molar-refractivity contribution in [3.05, 3.63) is 0 Å². The van der Waals surface area contributed by atoms with Crippen LogP contribution in [-0.2, 0) is 57.3 Å². The van der Waals surface area contributed by atoms with Crippen LogP contribution in [-0.4, -0.2) is 145 Å². The van der Waals surface area contributed by atoms with Gasteiger partial charge >= 0.3 is 23.9 Å². The summed E-state index contributed by atoms with van der Waals surface area (Å²) in [4.78, 5) is 109. The van der Waals surface area contributed by atoms with Crippen molar-refractivity contribution in [2.24, 2.45) is 0 Å². The quantitative estimate of drug-likeness (QED) is 0.0330. The molecular formula is C90H168N4O12S2. The Kier molecular flexibility index (Phi) is 76.5. The van der Waals surface area contributed by atoms with Crippen LogP contribution in [0.2, 0.25) is 0 Å². The van der Waals surface area contributed by atoms with Gasteiger partial charge in [0.05, 0.1) is 52.1 Å². The minimum Gasteiger partial charge on any atom is -0.466 e. The predicted molar refractivity (Wildman–Crippen MR) is 454 cm³/mol. The number of amides is 2. The molecule has 2 atom stereocenters. The Bertz CT molecular complexity index is 1880. The largest absolute Gasteiger partial charge is 0.466 e. The molecule has 0 aromatic carbocycles. The molecular weight excluding hydrogens is 1390 g/mol. The Labute approximate surface area is 671 Å². The number of hydrogen-bond donors (Lipinski definition) is 2. The van der Waals surface area contributed by atoms with Gasteiger partial charge in [0.15, 0.2) is 10.2 Å². The summed E-state index contributed by atoms with van der Waals surface area (Å²) in [7, 11) is 0. The second-order valence-electron chi connectivity index (χ2n) is 31.6. The first-order chi connectivity index (χ1) is 52.9. The van der Waals surface area contributed by atoms with Gasteiger partial charge in [-0.05, 0) is 38.5 Å². The summed E-state index contributed by atoms with van der Waals surface area (Å²) in [5.41, 5.74) is 0. The number of carbonyl (C=O) groups excluding carboxylic acids is 8. The number of nitrogens with zero attached hydrogens (tertiary/aromatic N) is 2. The van der Waals surface area contributed by atoms with Crippen molar-refractivity contribution in [3.63, 3.8) is 0 Å². The zero-order chi connectivity index (χ0) is 78.3. The standard InChI is InChI=1S/C90H168N4O12S2/c1-5-9-13-17-21-25-29-33-37-41-45-49-53-57-75-103-83(95)65-69-93(70-66-84(96)104-76-58-54-50-46-42-38-34-30-26-22-18-14-10-6-2)73-79-107-87(99)63-61-81-89(101)92-82(90(102)91-81)62-64-88(100)108-80-74-94(71-67-85(97)105-77-59-55-51-47-43-39-35-31-27-23-19-15-11-7-3)72-68-86(98)106-78-60-56-52-48-44-40-36-32-28-24-20-16-12-8-4/h81-82H,5-80H2,1-4H3,(H,91,102)(H,92,101). The van der Waals surface area contributed by atoms with Crippen LogP contribution in [0.4, 0.5) is 0 Å². The van der Waals surface area contributed by atoms with Gasteiger partial charge in [0.1, 0.15) is 12.1 Å². The van der Waals surface area contributed by atoms with E-state index >= 15 is 0 Å². The molecule has 632 valence electrons. The van der Waals surface area contributed by atoms with Crippen molar-refractivity contribution in [1.82, 2.24) is 20.4 Å². The molecule has 0 radical (unpaired) electrons. The molecule has 1 aliphatic heterocycles. The first kappa shape index (κ1) is 103. The van der Waals surface area contributed by atoms with Gasteiger partial charge in [-0.1, -0.05) is 385 Å². The molecule has 2 N–H and O–H groups in total. The normalized spacial score (nSPS) is 13.7. The predicted octanol–water partition coefficient (Wildman–Crippen LogP) is 23.3. The fraction of sp³-hybridized carbons (Fsp3) is 0.911. The van der Waals surface area contributed by atoms with Crippen LogP contribution < -0.4 is 10.6 Å². The van der Waals surface area contributed by atoms with Gasteiger partial charge in [0, 0.05) is 63.6 Å². The Morgan fingerprint density at radius 3 is 0.620 bits per heavy atom. The van der Waals surface area contributed by atoms with E-state index in [1.54, 1.807) is 0 Å². The lowest BCUT2D eigenvalue weighted by Gasteiger charge is -2.29. The van der Waals surface area contributed by atoms with Crippen LogP contribution in [0.15, 0.2) is 0 Å². The molecule has 16 nitrogen and oxygen atoms in total. The van der Waals surface area contributed by atoms with Crippen LogP contribution in [0.5, 0.6) is 0 Å². The highest BCUT2D eigenvalue weighted by Crippen LogP contribution is 2.21. The molecule has 2 unspecified atom stereocenters. The highest BCUT2D eigenvalue weighted by atomic mass is 32.2. The van der Waals surface area contributed by atoms with E-state index in [1.807, 2.05) is 9.80 Å². The minimum absolute atomic E-state index is 0.0540. The van der Waals surface area contributed by atoms with Gasteiger partial charge in [-0.25, -0.2) is 0 Å². The van der Waals surface area contributed by atoms with E-state index in [4.69, 9.17) is 18.9 Å². The van der Waals surface area contributed by atoms with Crippen molar-refractivity contribution in [3.8, 4) is 0 Å². The average Bonchev–Trinajstić information content (AvgIpc) is 0.844. The molecule has 0 spiro atoms. The minimum atomic E-state index is -0.889. The number of ether oxygens (including phenoxy) is 4. The maximum atomic E-state index is 13.3. The molecule has 1 heterocycles. The number of nitrogens with one attached hydrogen (secondary N) is 2. The molecule has 1 rings (SSSR count). The smallest absolute Gasteiger partial charge is 0.307 e. The third kappa shape index (κ3) is 70.6. The Morgan fingerprint density at radius 2 is 0.435 bits per heavy atom. The molecule has 18 heteroatoms. The highest BCUT2D eigenvalue weighted by molar-refractivity contribution is 8.13. The molecule has 2 amide bonds. The molecule has 0 saturated carbocycles. The fourth-order valence-corrected chi connectivity index (χ4v) is 15.9. The molecule has 1 fully saturated rings. The van der Waals surface area contributed by atoms with Crippen LogP contribution in [0, 0.1) is 0 Å². The van der Waals surface area contributed by atoms with Gasteiger partial charge in [-0.2, -0.15) is 0 Å². The number of thioether (sulfide) groups is 2. The first-order valence-electron chi connectivity index (χ1n) is 45.9. The van der Waals surface area contributed by atoms with Crippen molar-refractivity contribution in [2.45, 2.75) is 451 Å². The summed E-state index contributed by atoms with van der Waals surface area (Å²) in [6.45, 7) is 13.1. The number of piperazine rings is 1. The average molecular weight is 1560 g/mol. The Balaban J connectivity index is 2.62. The van der Waals surface area contributed by atoms with E-state index in [0.717, 1.165) is 101 Å². The van der Waals surface area contributed by atoms with Gasteiger partial charge in [-0.3, -0.25) is 38.4 Å². The molecule has 0 bridgehead atoms. The first-order valence-corrected chi connectivity index (χ1v) is 47.9. The maximum absolute atomic E-state index is 13.3. The summed E-state index contributed by atoms with van der Waals surface area (Å²) >= 11 is 2.27. The number of rotatable bonds is 84. The Hall–Kier alpha value is -3.22. The van der Waals surface area contributed by atoms with Crippen LogP contribution in [0.25, 0.3) is 0 Å². The van der Waals surface area contributed by atoms with Crippen molar-refractivity contribution < 1.29 is 57.3 Å². The summed E-state index contributed by atoms with van der Waals surface area (Å²) < 4.78 is 22.5. The van der Waals surface area contributed by atoms with Gasteiger partial charge in [-0.15, -0.1) is 0 Å². The second kappa shape index (κ2) is 80.4. The second-order valence-corrected chi connectivity index (χ2v) is 33.9. The number of esters is 4. The van der Waals surface area contributed by atoms with Crippen molar-refractivity contribution in [1.29, 1.82) is 0 Å². The number of hydrogen-bond acceptors (Lipinski definition) is 16. The van der Waals surface area contributed by atoms with Gasteiger partial charge < -0.3 is 39.4 Å². The van der Waals surface area contributed by atoms with Gasteiger partial charge in [0.25, 0.3) is 0 Å². The van der Waals surface area contributed by atoms with Crippen LogP contribution in [0.1, 0.15) is 439 Å². The molecule has 0 aromatic heterocycles. The van der Waals surface area contributed by atoms with Crippen LogP contribution >= 0.6 is 23.5 Å². The Morgan fingerprint density at radius 1 is 0.259 bits per heavy atom. The third-order valence-electron chi connectivity index (χ3n) is 21.5. The monoisotopic (exact) mass is 1560 g/mol. The highest BCUT2D eigenvalue weighted by Gasteiger charge is 2.34. The van der Waals surface area contributed by atoms with E-state index in [-0.39, 0.29) is 85.5 Å². The SMILES string of the molecule is CCCCCCCCCCCCCCCCOC(=O)CCN(CCSC(=O)CCC1NC(=O)C(CCC(=O)SCCN(CCC(=O)OCCCCCCCCCCCCCCCC)CCC(=O)OCCCCCCCCCCCCCCCC)NC1=O)CCC(=O)OCCCCCCCCCCCCCCCC. The van der Waals surface area contributed by atoms with Crippen molar-refractivity contribution >= 4 is 69.4 Å². The van der Waals surface area contributed by atoms with E-state index in [2.05, 4.69) is 38.3 Å². The third-order valence-corrected chi connectivity index (χ3v) is 23.3. The fourth-order valence-electron chi connectivity index (χ4n) is 14.2. The lowest BCUT2D eigenvalue weighted by molar-refractivity contribution is -0.146. The van der Waals surface area contributed by atoms with E-state index < -0.39 is 23.9 Å². The summed E-state index contributed by atoms with van der Waals surface area (Å²) in [5.74, 6) is -1.05. The van der Waals surface area contributed by atoms with Gasteiger partial charge in [0.2, 0.25) is 11.8 Å². The number of carbonyl (C=O) groups is 8. The summed E-state index contributed by atoms with van der Waals surface area (Å²) in [6.07, 6.45) is 71.5. The van der Waals surface area contributed by atoms with Crippen LogP contribution in [0.3, 0.4) is 0 Å². The maximum Gasteiger partial charge on any atom is 0.307 e.